The van der Waals surface area contributed by atoms with E-state index in [2.05, 4.69) is 15.3 Å². The first kappa shape index (κ1) is 12.3. The molecule has 1 heterocycles. The molecule has 0 aliphatic carbocycles. The number of ether oxygens (including phenoxy) is 1. The Morgan fingerprint density at radius 3 is 2.17 bits per heavy atom. The number of methoxy groups -OCH3 is 1. The van der Waals surface area contributed by atoms with Crippen molar-refractivity contribution < 1.29 is 4.74 Å². The zero-order valence-electron chi connectivity index (χ0n) is 11.0. The minimum Gasteiger partial charge on any atom is -0.497 e. The van der Waals surface area contributed by atoms with E-state index < -0.39 is 0 Å². The average molecular weight is 244 g/mol. The predicted molar refractivity (Wildman–Crippen MR) is 70.1 cm³/mol. The smallest absolute Gasteiger partial charge is 0.151 e. The molecule has 0 radical (unpaired) electrons. The molecular formula is C13H16N4O. The fraction of sp³-hybridized carbons (Fsp3) is 0.308. The van der Waals surface area contributed by atoms with Crippen LogP contribution in [0.25, 0.3) is 0 Å². The van der Waals surface area contributed by atoms with Gasteiger partial charge in [0.25, 0.3) is 0 Å². The largest absolute Gasteiger partial charge is 0.497 e. The summed E-state index contributed by atoms with van der Waals surface area (Å²) in [6, 6.07) is 7.79. The molecule has 0 saturated heterocycles. The van der Waals surface area contributed by atoms with Crippen LogP contribution in [0, 0.1) is 13.8 Å². The number of hydrogen-bond acceptors (Lipinski definition) is 4. The van der Waals surface area contributed by atoms with Crippen molar-refractivity contribution in [3.8, 4) is 5.75 Å². The quantitative estimate of drug-likeness (QED) is 0.777. The summed E-state index contributed by atoms with van der Waals surface area (Å²) in [4.78, 5) is 0. The molecule has 0 saturated carbocycles. The van der Waals surface area contributed by atoms with E-state index in [9.17, 15) is 0 Å². The lowest BCUT2D eigenvalue weighted by Crippen LogP contribution is -2.02. The fourth-order valence-electron chi connectivity index (χ4n) is 1.65. The van der Waals surface area contributed by atoms with Gasteiger partial charge < -0.3 is 4.74 Å². The van der Waals surface area contributed by atoms with E-state index in [0.717, 1.165) is 28.7 Å². The minimum absolute atomic E-state index is 0.778. The zero-order chi connectivity index (χ0) is 13.1. The SMILES string of the molecule is COc1ccc(/C(C)=N\n2c(C)nnc2C)cc1. The number of nitrogens with zero attached hydrogens (tertiary/aromatic N) is 4. The molecule has 1 aromatic heterocycles. The van der Waals surface area contributed by atoms with E-state index in [1.165, 1.54) is 0 Å². The molecule has 2 aromatic rings. The summed E-state index contributed by atoms with van der Waals surface area (Å²) in [5, 5.41) is 12.5. The van der Waals surface area contributed by atoms with E-state index in [4.69, 9.17) is 4.74 Å². The van der Waals surface area contributed by atoms with E-state index in [0.29, 0.717) is 0 Å². The van der Waals surface area contributed by atoms with Crippen LogP contribution in [0.5, 0.6) is 5.75 Å². The second-order valence-electron chi connectivity index (χ2n) is 4.02. The van der Waals surface area contributed by atoms with Gasteiger partial charge in [-0.2, -0.15) is 5.10 Å². The third-order valence-electron chi connectivity index (χ3n) is 2.71. The van der Waals surface area contributed by atoms with Gasteiger partial charge in [0.2, 0.25) is 0 Å². The van der Waals surface area contributed by atoms with Crippen LogP contribution < -0.4 is 4.74 Å². The second kappa shape index (κ2) is 5.00. The van der Waals surface area contributed by atoms with Gasteiger partial charge in [-0.3, -0.25) is 0 Å². The lowest BCUT2D eigenvalue weighted by Gasteiger charge is -2.04. The molecule has 5 nitrogen and oxygen atoms in total. The Bertz CT molecular complexity index is 550. The first-order valence-corrected chi connectivity index (χ1v) is 5.70. The van der Waals surface area contributed by atoms with Crippen molar-refractivity contribution in [2.45, 2.75) is 20.8 Å². The van der Waals surface area contributed by atoms with Crippen molar-refractivity contribution in [2.24, 2.45) is 5.10 Å². The van der Waals surface area contributed by atoms with E-state index in [1.807, 2.05) is 45.0 Å². The van der Waals surface area contributed by atoms with Crippen LogP contribution in [-0.2, 0) is 0 Å². The summed E-state index contributed by atoms with van der Waals surface area (Å²) in [6.45, 7) is 5.72. The van der Waals surface area contributed by atoms with Crippen LogP contribution in [-0.4, -0.2) is 27.7 Å². The predicted octanol–water partition coefficient (Wildman–Crippen LogP) is 2.18. The fourth-order valence-corrected chi connectivity index (χ4v) is 1.65. The summed E-state index contributed by atoms with van der Waals surface area (Å²) < 4.78 is 6.86. The summed E-state index contributed by atoms with van der Waals surface area (Å²) >= 11 is 0. The van der Waals surface area contributed by atoms with Gasteiger partial charge in [-0.05, 0) is 50.6 Å². The molecule has 0 aliphatic heterocycles. The standard InChI is InChI=1S/C13H16N4O/c1-9(12-5-7-13(18-4)8-6-12)16-17-10(2)14-15-11(17)3/h5-8H,1-4H3/b16-9-. The molecule has 0 spiro atoms. The zero-order valence-corrected chi connectivity index (χ0v) is 11.0. The van der Waals surface area contributed by atoms with Gasteiger partial charge in [-0.25, -0.2) is 4.68 Å². The Balaban J connectivity index is 2.32. The molecule has 18 heavy (non-hydrogen) atoms. The van der Waals surface area contributed by atoms with Crippen molar-refractivity contribution in [1.29, 1.82) is 0 Å². The number of hydrogen-bond donors (Lipinski definition) is 0. The van der Waals surface area contributed by atoms with Crippen molar-refractivity contribution in [2.75, 3.05) is 7.11 Å². The maximum absolute atomic E-state index is 5.13. The Morgan fingerprint density at radius 1 is 1.11 bits per heavy atom. The first-order valence-electron chi connectivity index (χ1n) is 5.70. The minimum atomic E-state index is 0.778. The normalized spacial score (nSPS) is 11.7. The van der Waals surface area contributed by atoms with Gasteiger partial charge in [-0.1, -0.05) is 0 Å². The maximum atomic E-state index is 5.13. The number of benzene rings is 1. The van der Waals surface area contributed by atoms with Gasteiger partial charge in [-0.15, -0.1) is 10.2 Å². The average Bonchev–Trinajstić information content (AvgIpc) is 2.70. The van der Waals surface area contributed by atoms with Gasteiger partial charge in [0.05, 0.1) is 12.8 Å². The lowest BCUT2D eigenvalue weighted by molar-refractivity contribution is 0.415. The number of rotatable bonds is 3. The topological polar surface area (TPSA) is 52.3 Å². The molecule has 2 rings (SSSR count). The van der Waals surface area contributed by atoms with E-state index >= 15 is 0 Å². The van der Waals surface area contributed by atoms with Crippen LogP contribution in [0.15, 0.2) is 29.4 Å². The summed E-state index contributed by atoms with van der Waals surface area (Å²) in [7, 11) is 1.65. The molecule has 0 bridgehead atoms. The lowest BCUT2D eigenvalue weighted by atomic mass is 10.1. The number of aromatic nitrogens is 3. The van der Waals surface area contributed by atoms with Crippen molar-refractivity contribution in [3.63, 3.8) is 0 Å². The van der Waals surface area contributed by atoms with E-state index in [-0.39, 0.29) is 0 Å². The molecule has 0 atom stereocenters. The number of aryl methyl sites for hydroxylation is 2. The summed E-state index contributed by atoms with van der Waals surface area (Å²) in [5.41, 5.74) is 1.95. The monoisotopic (exact) mass is 244 g/mol. The highest BCUT2D eigenvalue weighted by molar-refractivity contribution is 5.98. The second-order valence-corrected chi connectivity index (χ2v) is 4.02. The Morgan fingerprint density at radius 2 is 1.67 bits per heavy atom. The van der Waals surface area contributed by atoms with Gasteiger partial charge in [0, 0.05) is 0 Å². The highest BCUT2D eigenvalue weighted by Gasteiger charge is 2.04. The van der Waals surface area contributed by atoms with Crippen molar-refractivity contribution in [3.05, 3.63) is 41.5 Å². The van der Waals surface area contributed by atoms with Crippen molar-refractivity contribution >= 4 is 5.71 Å². The molecular weight excluding hydrogens is 228 g/mol. The van der Waals surface area contributed by atoms with Crippen LogP contribution in [0.4, 0.5) is 0 Å². The molecule has 0 amide bonds. The molecule has 5 heteroatoms. The summed E-state index contributed by atoms with van der Waals surface area (Å²) in [5.74, 6) is 2.39. The Hall–Kier alpha value is -2.17. The Labute approximate surface area is 106 Å². The molecule has 1 aromatic carbocycles. The third kappa shape index (κ3) is 2.40. The molecule has 0 fully saturated rings. The highest BCUT2D eigenvalue weighted by Crippen LogP contribution is 2.12. The third-order valence-corrected chi connectivity index (χ3v) is 2.71. The maximum Gasteiger partial charge on any atom is 0.151 e. The van der Waals surface area contributed by atoms with Crippen LogP contribution >= 0.6 is 0 Å². The molecule has 0 N–H and O–H groups in total. The molecule has 0 aliphatic rings. The van der Waals surface area contributed by atoms with Crippen LogP contribution in [0.3, 0.4) is 0 Å². The first-order chi connectivity index (χ1) is 8.61. The molecule has 94 valence electrons. The summed E-state index contributed by atoms with van der Waals surface area (Å²) in [6.07, 6.45) is 0. The van der Waals surface area contributed by atoms with Crippen LogP contribution in [0.1, 0.15) is 24.1 Å². The highest BCUT2D eigenvalue weighted by atomic mass is 16.5. The van der Waals surface area contributed by atoms with Gasteiger partial charge in [0.15, 0.2) is 11.6 Å². The van der Waals surface area contributed by atoms with Crippen LogP contribution in [0.2, 0.25) is 0 Å². The molecule has 0 unspecified atom stereocenters. The Kier molecular flexibility index (Phi) is 3.41. The van der Waals surface area contributed by atoms with Gasteiger partial charge >= 0.3 is 0 Å². The van der Waals surface area contributed by atoms with E-state index in [1.54, 1.807) is 11.8 Å². The van der Waals surface area contributed by atoms with Crippen molar-refractivity contribution in [1.82, 2.24) is 14.9 Å². The van der Waals surface area contributed by atoms with Gasteiger partial charge in [0.1, 0.15) is 5.75 Å².